The third-order valence-electron chi connectivity index (χ3n) is 11.7. The van der Waals surface area contributed by atoms with Crippen LogP contribution < -0.4 is 20.7 Å². The van der Waals surface area contributed by atoms with Crippen molar-refractivity contribution in [1.82, 2.24) is 25.2 Å². The minimum Gasteiger partial charge on any atom is -0.461 e. The molecule has 1 aromatic carbocycles. The Balaban J connectivity index is 1.27. The van der Waals surface area contributed by atoms with Gasteiger partial charge in [0.25, 0.3) is 0 Å². The molecule has 0 radical (unpaired) electrons. The van der Waals surface area contributed by atoms with E-state index in [-0.39, 0.29) is 52.3 Å². The van der Waals surface area contributed by atoms with Gasteiger partial charge in [-0.05, 0) is 87.6 Å². The zero-order valence-electron chi connectivity index (χ0n) is 27.3. The lowest BCUT2D eigenvalue weighted by atomic mass is 9.80. The number of anilines is 2. The summed E-state index contributed by atoms with van der Waals surface area (Å²) in [6.45, 7) is 3.63. The van der Waals surface area contributed by atoms with E-state index in [1.165, 1.54) is 6.92 Å². The van der Waals surface area contributed by atoms with Crippen molar-refractivity contribution in [3.63, 3.8) is 0 Å². The molecular weight excluding hydrogens is 648 g/mol. The van der Waals surface area contributed by atoms with Crippen molar-refractivity contribution in [1.29, 1.82) is 0 Å². The molecule has 49 heavy (non-hydrogen) atoms. The highest BCUT2D eigenvalue weighted by molar-refractivity contribution is 5.94. The lowest BCUT2D eigenvalue weighted by Crippen LogP contribution is -2.62. The molecule has 5 aliphatic rings. The van der Waals surface area contributed by atoms with Gasteiger partial charge >= 0.3 is 12.2 Å². The van der Waals surface area contributed by atoms with Gasteiger partial charge in [0.15, 0.2) is 5.82 Å². The maximum atomic E-state index is 16.8. The standard InChI is InChI=1S/C35H39F6N7O/c1-19-11-25(42)43-30(27(19)35(39,40)41)26-24(37)12-23-29(28(26)38)44-32(49-18-33-8-4-10-48(33)15-20(13-33)14-36)45-31(23)47-16-22-7-9-34(17-47,46-22)21-5-2-3-6-21/h11-12,14,21-22,46H,2-10,13,15-18H2,1H3,(H2,42,43)/b20-14-/t22-,33-,34+/m0/s1. The average Bonchev–Trinajstić information content (AvgIpc) is 3.83. The molecule has 2 aromatic heterocycles. The molecule has 8 rings (SSSR count). The van der Waals surface area contributed by atoms with Gasteiger partial charge in [-0.3, -0.25) is 4.90 Å². The molecule has 3 N–H and O–H groups in total. The monoisotopic (exact) mass is 687 g/mol. The molecule has 0 spiro atoms. The van der Waals surface area contributed by atoms with Gasteiger partial charge in [0.1, 0.15) is 29.6 Å². The van der Waals surface area contributed by atoms with E-state index in [9.17, 15) is 17.6 Å². The van der Waals surface area contributed by atoms with E-state index in [0.29, 0.717) is 43.9 Å². The van der Waals surface area contributed by atoms with Crippen LogP contribution in [0.15, 0.2) is 24.0 Å². The van der Waals surface area contributed by atoms with E-state index in [0.717, 1.165) is 70.0 Å². The summed E-state index contributed by atoms with van der Waals surface area (Å²) >= 11 is 0. The van der Waals surface area contributed by atoms with E-state index in [4.69, 9.17) is 15.5 Å². The molecule has 0 amide bonds. The number of rotatable bonds is 6. The second kappa shape index (κ2) is 11.7. The summed E-state index contributed by atoms with van der Waals surface area (Å²) in [5.41, 5.74) is 1.94. The van der Waals surface area contributed by atoms with Crippen LogP contribution in [0.5, 0.6) is 6.01 Å². The van der Waals surface area contributed by atoms with Crippen LogP contribution in [0.3, 0.4) is 0 Å². The maximum absolute atomic E-state index is 16.8. The van der Waals surface area contributed by atoms with E-state index in [1.54, 1.807) is 0 Å². The quantitative estimate of drug-likeness (QED) is 0.272. The molecule has 2 bridgehead atoms. The number of aromatic nitrogens is 3. The van der Waals surface area contributed by atoms with Gasteiger partial charge < -0.3 is 20.7 Å². The summed E-state index contributed by atoms with van der Waals surface area (Å²) in [6.07, 6.45) is 4.24. The third-order valence-corrected chi connectivity index (χ3v) is 11.7. The second-order valence-corrected chi connectivity index (χ2v) is 14.7. The predicted octanol–water partition coefficient (Wildman–Crippen LogP) is 6.85. The van der Waals surface area contributed by atoms with Crippen molar-refractivity contribution in [2.75, 3.05) is 43.4 Å². The fraction of sp³-hybridized carbons (Fsp3) is 0.571. The average molecular weight is 688 g/mol. The summed E-state index contributed by atoms with van der Waals surface area (Å²) in [5, 5.41) is 3.89. The van der Waals surface area contributed by atoms with Crippen LogP contribution in [-0.2, 0) is 6.18 Å². The van der Waals surface area contributed by atoms with Crippen molar-refractivity contribution in [3.8, 4) is 17.3 Å². The highest BCUT2D eigenvalue weighted by Gasteiger charge is 2.51. The summed E-state index contributed by atoms with van der Waals surface area (Å²) in [7, 11) is 0. The van der Waals surface area contributed by atoms with Crippen LogP contribution in [0.25, 0.3) is 22.2 Å². The van der Waals surface area contributed by atoms with Crippen LogP contribution in [0.1, 0.15) is 68.9 Å². The Labute approximate surface area is 280 Å². The number of nitrogens with two attached hydrogens (primary N) is 1. The van der Waals surface area contributed by atoms with Crippen LogP contribution >= 0.6 is 0 Å². The first-order valence-electron chi connectivity index (χ1n) is 17.1. The number of nitrogens with one attached hydrogen (secondary N) is 1. The number of aryl methyl sites for hydroxylation is 1. The first-order chi connectivity index (χ1) is 23.4. The van der Waals surface area contributed by atoms with Crippen LogP contribution in [-0.4, -0.2) is 69.8 Å². The lowest BCUT2D eigenvalue weighted by molar-refractivity contribution is -0.137. The number of benzene rings is 1. The first kappa shape index (κ1) is 32.5. The Morgan fingerprint density at radius 2 is 1.88 bits per heavy atom. The van der Waals surface area contributed by atoms with Gasteiger partial charge in [-0.15, -0.1) is 0 Å². The van der Waals surface area contributed by atoms with E-state index in [1.807, 2.05) is 4.90 Å². The SMILES string of the molecule is Cc1cc(N)nc(-c2c(F)cc3c(N4C[C@@H]5CC[C@](C6CCCC6)(C4)N5)nc(OC[C@@]45CCCN4C/C(=C\F)C5)nc3c2F)c1C(F)(F)F. The minimum atomic E-state index is -4.96. The number of halogens is 6. The molecule has 14 heteroatoms. The number of nitrogen functional groups attached to an aromatic ring is 1. The highest BCUT2D eigenvalue weighted by Crippen LogP contribution is 2.47. The Kier molecular flexibility index (Phi) is 7.78. The van der Waals surface area contributed by atoms with Crippen molar-refractivity contribution < 1.29 is 31.1 Å². The molecular formula is C35H39F6N7O. The summed E-state index contributed by atoms with van der Waals surface area (Å²) in [5.74, 6) is -2.12. The molecule has 5 fully saturated rings. The number of nitrogens with zero attached hydrogens (tertiary/aromatic N) is 5. The zero-order chi connectivity index (χ0) is 34.3. The molecule has 8 nitrogen and oxygen atoms in total. The van der Waals surface area contributed by atoms with Crippen LogP contribution in [0.4, 0.5) is 38.0 Å². The third kappa shape index (κ3) is 5.40. The molecule has 4 saturated heterocycles. The summed E-state index contributed by atoms with van der Waals surface area (Å²) in [6, 6.07) is 1.99. The van der Waals surface area contributed by atoms with Gasteiger partial charge in [-0.1, -0.05) is 12.8 Å². The van der Waals surface area contributed by atoms with Gasteiger partial charge in [0, 0.05) is 36.6 Å². The topological polar surface area (TPSA) is 92.4 Å². The molecule has 1 saturated carbocycles. The van der Waals surface area contributed by atoms with Crippen molar-refractivity contribution in [2.24, 2.45) is 5.92 Å². The molecule has 3 aromatic rings. The smallest absolute Gasteiger partial charge is 0.418 e. The van der Waals surface area contributed by atoms with Gasteiger partial charge in [-0.2, -0.15) is 23.1 Å². The number of piperazine rings is 1. The summed E-state index contributed by atoms with van der Waals surface area (Å²) in [4.78, 5) is 17.2. The minimum absolute atomic E-state index is 0.0346. The van der Waals surface area contributed by atoms with Crippen LogP contribution in [0.2, 0.25) is 0 Å². The normalized spacial score (nSPS) is 28.3. The molecule has 6 heterocycles. The second-order valence-electron chi connectivity index (χ2n) is 14.7. The maximum Gasteiger partial charge on any atom is 0.418 e. The van der Waals surface area contributed by atoms with E-state index >= 15 is 8.78 Å². The Morgan fingerprint density at radius 3 is 2.63 bits per heavy atom. The number of ether oxygens (including phenoxy) is 1. The summed E-state index contributed by atoms with van der Waals surface area (Å²) < 4.78 is 95.7. The van der Waals surface area contributed by atoms with Gasteiger partial charge in [0.05, 0.1) is 28.7 Å². The van der Waals surface area contributed by atoms with Gasteiger partial charge in [-0.25, -0.2) is 18.2 Å². The van der Waals surface area contributed by atoms with Crippen molar-refractivity contribution in [2.45, 2.75) is 88.0 Å². The number of pyridine rings is 1. The Bertz CT molecular complexity index is 1850. The molecule has 262 valence electrons. The van der Waals surface area contributed by atoms with Crippen molar-refractivity contribution >= 4 is 22.5 Å². The van der Waals surface area contributed by atoms with Crippen molar-refractivity contribution in [3.05, 3.63) is 46.8 Å². The Morgan fingerprint density at radius 1 is 1.08 bits per heavy atom. The molecule has 1 aliphatic carbocycles. The number of hydrogen-bond donors (Lipinski definition) is 2. The molecule has 3 atom stereocenters. The molecule has 4 aliphatic heterocycles. The number of hydrogen-bond acceptors (Lipinski definition) is 8. The largest absolute Gasteiger partial charge is 0.461 e. The number of fused-ring (bicyclic) bond motifs is 4. The van der Waals surface area contributed by atoms with Crippen LogP contribution in [0, 0.1) is 24.5 Å². The van der Waals surface area contributed by atoms with E-state index in [2.05, 4.69) is 20.2 Å². The lowest BCUT2D eigenvalue weighted by Gasteiger charge is -2.45. The van der Waals surface area contributed by atoms with E-state index < -0.39 is 40.2 Å². The van der Waals surface area contributed by atoms with Gasteiger partial charge in [0.2, 0.25) is 0 Å². The fourth-order valence-electron chi connectivity index (χ4n) is 9.58. The molecule has 0 unspecified atom stereocenters. The first-order valence-corrected chi connectivity index (χ1v) is 17.1. The zero-order valence-corrected chi connectivity index (χ0v) is 27.3. The predicted molar refractivity (Wildman–Crippen MR) is 173 cm³/mol. The fourth-order valence-corrected chi connectivity index (χ4v) is 9.58. The Hall–Kier alpha value is -3.65. The number of alkyl halides is 3. The highest BCUT2D eigenvalue weighted by atomic mass is 19.4.